The van der Waals surface area contributed by atoms with E-state index in [0.717, 1.165) is 48.5 Å². The van der Waals surface area contributed by atoms with E-state index in [2.05, 4.69) is 31.2 Å². The molecule has 40 heavy (non-hydrogen) atoms. The first-order chi connectivity index (χ1) is 19.3. The Kier molecular flexibility index (Phi) is 8.39. The number of hydrogen-bond acceptors (Lipinski definition) is 8. The van der Waals surface area contributed by atoms with Crippen molar-refractivity contribution in [3.05, 3.63) is 75.2 Å². The number of nitrogens with zero attached hydrogens (tertiary/aromatic N) is 3. The Balaban J connectivity index is 1.35. The Labute approximate surface area is 236 Å². The Hall–Kier alpha value is -3.86. The number of aromatic amines is 2. The molecule has 0 aliphatic carbocycles. The zero-order valence-electron chi connectivity index (χ0n) is 22.5. The second-order valence-corrected chi connectivity index (χ2v) is 10.3. The van der Waals surface area contributed by atoms with E-state index in [0.29, 0.717) is 40.8 Å². The fourth-order valence-electron chi connectivity index (χ4n) is 5.03. The van der Waals surface area contributed by atoms with Crippen molar-refractivity contribution in [1.82, 2.24) is 19.9 Å². The van der Waals surface area contributed by atoms with Crippen LogP contribution in [0.3, 0.4) is 0 Å². The number of aryl methyl sites for hydroxylation is 1. The van der Waals surface area contributed by atoms with Crippen LogP contribution in [0.4, 0.5) is 11.4 Å². The minimum atomic E-state index is -0.816. The number of aromatic nitrogens is 3. The van der Waals surface area contributed by atoms with Crippen molar-refractivity contribution in [3.63, 3.8) is 0 Å². The summed E-state index contributed by atoms with van der Waals surface area (Å²) in [7, 11) is 0. The van der Waals surface area contributed by atoms with E-state index < -0.39 is 6.10 Å². The summed E-state index contributed by atoms with van der Waals surface area (Å²) in [6, 6.07) is 13.0. The Morgan fingerprint density at radius 3 is 2.75 bits per heavy atom. The second kappa shape index (κ2) is 12.1. The number of ether oxygens (including phenoxy) is 1. The van der Waals surface area contributed by atoms with Gasteiger partial charge in [-0.25, -0.2) is 4.98 Å². The van der Waals surface area contributed by atoms with Gasteiger partial charge in [-0.05, 0) is 55.3 Å². The number of nitrogens with one attached hydrogen (secondary N) is 3. The summed E-state index contributed by atoms with van der Waals surface area (Å²) in [5, 5.41) is 14.4. The summed E-state index contributed by atoms with van der Waals surface area (Å²) in [6.45, 7) is 7.79. The van der Waals surface area contributed by atoms with Gasteiger partial charge in [-0.2, -0.15) is 0 Å². The topological polar surface area (TPSA) is 127 Å². The third-order valence-corrected chi connectivity index (χ3v) is 7.31. The molecule has 4 N–H and O–H groups in total. The lowest BCUT2D eigenvalue weighted by molar-refractivity contribution is -0.144. The number of esters is 1. The van der Waals surface area contributed by atoms with Gasteiger partial charge in [0.15, 0.2) is 0 Å². The second-order valence-electron chi connectivity index (χ2n) is 9.86. The lowest BCUT2D eigenvalue weighted by Gasteiger charge is -2.35. The van der Waals surface area contributed by atoms with Gasteiger partial charge < -0.3 is 30.0 Å². The maximum atomic E-state index is 12.9. The highest BCUT2D eigenvalue weighted by molar-refractivity contribution is 6.30. The van der Waals surface area contributed by atoms with Crippen LogP contribution in [0.2, 0.25) is 5.02 Å². The smallest absolute Gasteiger partial charge is 0.320 e. The number of hydrogen-bond donors (Lipinski definition) is 4. The zero-order valence-corrected chi connectivity index (χ0v) is 23.3. The Bertz CT molecular complexity index is 1560. The largest absolute Gasteiger partial charge is 0.465 e. The quantitative estimate of drug-likeness (QED) is 0.227. The molecule has 0 amide bonds. The molecule has 1 unspecified atom stereocenters. The number of carbonyl (C=O) groups excluding carboxylic acids is 1. The number of piperazine rings is 1. The number of anilines is 2. The molecule has 0 saturated carbocycles. The number of rotatable bonds is 9. The number of halogens is 1. The van der Waals surface area contributed by atoms with Crippen LogP contribution in [0, 0.1) is 6.92 Å². The molecule has 1 aliphatic heterocycles. The number of benzene rings is 2. The molecular weight excluding hydrogens is 532 g/mol. The zero-order chi connectivity index (χ0) is 28.2. The van der Waals surface area contributed by atoms with E-state index in [1.165, 1.54) is 0 Å². The molecule has 5 rings (SSSR count). The van der Waals surface area contributed by atoms with Gasteiger partial charge in [-0.1, -0.05) is 23.7 Å². The number of fused-ring (bicyclic) bond motifs is 1. The third-order valence-electron chi connectivity index (χ3n) is 7.07. The van der Waals surface area contributed by atoms with Gasteiger partial charge in [0.05, 0.1) is 36.0 Å². The highest BCUT2D eigenvalue weighted by Crippen LogP contribution is 2.30. The normalized spacial score (nSPS) is 14.8. The van der Waals surface area contributed by atoms with E-state index in [1.807, 2.05) is 19.9 Å². The molecule has 1 fully saturated rings. The van der Waals surface area contributed by atoms with Crippen LogP contribution in [-0.2, 0) is 9.53 Å². The molecular formula is C29H33ClN6O4. The number of aliphatic hydroxyl groups is 1. The fraction of sp³-hybridized carbons (Fsp3) is 0.345. The summed E-state index contributed by atoms with van der Waals surface area (Å²) in [6.07, 6.45) is 0.747. The molecule has 11 heteroatoms. The lowest BCUT2D eigenvalue weighted by atomic mass is 10.1. The van der Waals surface area contributed by atoms with Crippen molar-refractivity contribution in [2.75, 3.05) is 56.1 Å². The van der Waals surface area contributed by atoms with Crippen molar-refractivity contribution in [2.45, 2.75) is 20.0 Å². The standard InChI is InChI=1S/C29H33ClN6O4/c1-3-40-25(38)17-35-9-11-36(12-10-35)21-13-18(2)27-23(15-21)33-28(34-27)26-22(7-8-31-29(26)39)32-16-24(37)19-5-4-6-20(30)14-19/h4-8,13-15,24,37H,3,9-12,16-17H2,1-2H3,(H,33,34)(H2,31,32,39). The summed E-state index contributed by atoms with van der Waals surface area (Å²) < 4.78 is 5.08. The summed E-state index contributed by atoms with van der Waals surface area (Å²) in [5.41, 5.74) is 4.96. The Morgan fingerprint density at radius 1 is 1.20 bits per heavy atom. The maximum absolute atomic E-state index is 12.9. The molecule has 2 aromatic heterocycles. The van der Waals surface area contributed by atoms with Crippen molar-refractivity contribution in [1.29, 1.82) is 0 Å². The van der Waals surface area contributed by atoms with Crippen LogP contribution in [0.25, 0.3) is 22.4 Å². The summed E-state index contributed by atoms with van der Waals surface area (Å²) >= 11 is 6.07. The van der Waals surface area contributed by atoms with Gasteiger partial charge in [0.25, 0.3) is 5.56 Å². The first kappa shape index (κ1) is 27.7. The van der Waals surface area contributed by atoms with Crippen LogP contribution < -0.4 is 15.8 Å². The van der Waals surface area contributed by atoms with Crippen molar-refractivity contribution in [3.8, 4) is 11.4 Å². The monoisotopic (exact) mass is 564 g/mol. The van der Waals surface area contributed by atoms with Crippen LogP contribution in [-0.4, -0.2) is 76.8 Å². The van der Waals surface area contributed by atoms with Crippen LogP contribution in [0.1, 0.15) is 24.2 Å². The lowest BCUT2D eigenvalue weighted by Crippen LogP contribution is -2.48. The van der Waals surface area contributed by atoms with E-state index >= 15 is 0 Å². The highest BCUT2D eigenvalue weighted by atomic mass is 35.5. The van der Waals surface area contributed by atoms with E-state index in [1.54, 1.807) is 36.5 Å². The van der Waals surface area contributed by atoms with Crippen molar-refractivity contribution >= 4 is 40.0 Å². The molecule has 0 bridgehead atoms. The van der Waals surface area contributed by atoms with Gasteiger partial charge in [0.2, 0.25) is 0 Å². The molecule has 3 heterocycles. The Morgan fingerprint density at radius 2 is 2.00 bits per heavy atom. The molecule has 210 valence electrons. The van der Waals surface area contributed by atoms with Crippen LogP contribution in [0.15, 0.2) is 53.5 Å². The molecule has 1 aliphatic rings. The van der Waals surface area contributed by atoms with Gasteiger partial charge in [-0.15, -0.1) is 0 Å². The number of H-pyrrole nitrogens is 2. The van der Waals surface area contributed by atoms with Gasteiger partial charge in [-0.3, -0.25) is 14.5 Å². The van der Waals surface area contributed by atoms with Crippen molar-refractivity contribution < 1.29 is 14.6 Å². The molecule has 10 nitrogen and oxygen atoms in total. The van der Waals surface area contributed by atoms with Crippen molar-refractivity contribution in [2.24, 2.45) is 0 Å². The fourth-order valence-corrected chi connectivity index (χ4v) is 5.22. The van der Waals surface area contributed by atoms with E-state index in [4.69, 9.17) is 21.3 Å². The van der Waals surface area contributed by atoms with Gasteiger partial charge in [0, 0.05) is 49.6 Å². The van der Waals surface area contributed by atoms with Gasteiger partial charge in [0.1, 0.15) is 11.4 Å². The molecule has 0 radical (unpaired) electrons. The summed E-state index contributed by atoms with van der Waals surface area (Å²) in [5.74, 6) is 0.248. The summed E-state index contributed by atoms with van der Waals surface area (Å²) in [4.78, 5) is 40.0. The minimum Gasteiger partial charge on any atom is -0.465 e. The number of imidazole rings is 1. The van der Waals surface area contributed by atoms with E-state index in [-0.39, 0.29) is 18.1 Å². The average Bonchev–Trinajstić information content (AvgIpc) is 3.36. The number of carbonyl (C=O) groups is 1. The minimum absolute atomic E-state index is 0.183. The molecule has 0 spiro atoms. The third kappa shape index (κ3) is 6.14. The maximum Gasteiger partial charge on any atom is 0.320 e. The highest BCUT2D eigenvalue weighted by Gasteiger charge is 2.22. The molecule has 4 aromatic rings. The predicted octanol–water partition coefficient (Wildman–Crippen LogP) is 3.71. The molecule has 1 saturated heterocycles. The first-order valence-corrected chi connectivity index (χ1v) is 13.7. The number of pyridine rings is 1. The van der Waals surface area contributed by atoms with Crippen LogP contribution in [0.5, 0.6) is 0 Å². The molecule has 1 atom stereocenters. The molecule has 2 aromatic carbocycles. The number of aliphatic hydroxyl groups excluding tert-OH is 1. The average molecular weight is 565 g/mol. The van der Waals surface area contributed by atoms with Crippen LogP contribution >= 0.6 is 11.6 Å². The SMILES string of the molecule is CCOC(=O)CN1CCN(c2cc(C)c3nc(-c4c(NCC(O)c5cccc(Cl)c5)cc[nH]c4=O)[nH]c3c2)CC1. The first-order valence-electron chi connectivity index (χ1n) is 13.3. The van der Waals surface area contributed by atoms with Gasteiger partial charge >= 0.3 is 5.97 Å². The predicted molar refractivity (Wildman–Crippen MR) is 157 cm³/mol. The van der Waals surface area contributed by atoms with E-state index in [9.17, 15) is 14.7 Å².